The predicted octanol–water partition coefficient (Wildman–Crippen LogP) is 3.09. The highest BCUT2D eigenvalue weighted by Gasteiger charge is 2.44. The first-order chi connectivity index (χ1) is 14.9. The number of nitrogens with two attached hydrogens (primary N) is 1. The molecule has 1 atom stereocenters. The fraction of sp³-hybridized carbons (Fsp3) is 0.706. The van der Waals surface area contributed by atoms with E-state index in [-0.39, 0.29) is 55.8 Å². The molecule has 178 valence electrons. The van der Waals surface area contributed by atoms with E-state index in [0.717, 1.165) is 15.1 Å². The number of rotatable bonds is 4. The van der Waals surface area contributed by atoms with Crippen molar-refractivity contribution in [3.8, 4) is 11.6 Å². The lowest BCUT2D eigenvalue weighted by Crippen LogP contribution is -2.38. The highest BCUT2D eigenvalue weighted by atomic mass is 32.2. The Hall–Kier alpha value is -2.13. The van der Waals surface area contributed by atoms with Crippen molar-refractivity contribution < 1.29 is 34.9 Å². The lowest BCUT2D eigenvalue weighted by molar-refractivity contribution is -0.141. The van der Waals surface area contributed by atoms with Crippen molar-refractivity contribution in [3.63, 3.8) is 0 Å². The molecule has 0 amide bonds. The molecule has 2 aromatic heterocycles. The van der Waals surface area contributed by atoms with Gasteiger partial charge in [0.2, 0.25) is 0 Å². The van der Waals surface area contributed by atoms with Crippen molar-refractivity contribution in [1.29, 1.82) is 0 Å². The molecule has 9 nitrogen and oxygen atoms in total. The minimum absolute atomic E-state index is 0.0421. The second kappa shape index (κ2) is 8.02. The summed E-state index contributed by atoms with van der Waals surface area (Å²) in [5.74, 6) is -5.42. The first-order valence-corrected chi connectivity index (χ1v) is 11.5. The highest BCUT2D eigenvalue weighted by molar-refractivity contribution is 7.86. The van der Waals surface area contributed by atoms with E-state index in [1.165, 1.54) is 0 Å². The molecule has 0 bridgehead atoms. The summed E-state index contributed by atoms with van der Waals surface area (Å²) in [7, 11) is -4.01. The third-order valence-corrected chi connectivity index (χ3v) is 6.66. The van der Waals surface area contributed by atoms with Crippen molar-refractivity contribution in [2.45, 2.75) is 62.6 Å². The van der Waals surface area contributed by atoms with Crippen molar-refractivity contribution in [2.75, 3.05) is 13.1 Å². The van der Waals surface area contributed by atoms with E-state index < -0.39 is 40.3 Å². The molecule has 4 rings (SSSR count). The van der Waals surface area contributed by atoms with E-state index >= 15 is 0 Å². The molecular formula is C17H21F5N6O3S. The molecule has 32 heavy (non-hydrogen) atoms. The van der Waals surface area contributed by atoms with Gasteiger partial charge in [-0.25, -0.2) is 13.9 Å². The van der Waals surface area contributed by atoms with Gasteiger partial charge in [-0.1, -0.05) is 5.16 Å². The van der Waals surface area contributed by atoms with Crippen LogP contribution in [0.2, 0.25) is 0 Å². The number of hydrogen-bond acceptors (Lipinski definition) is 6. The quantitative estimate of drug-likeness (QED) is 0.666. The monoisotopic (exact) mass is 484 g/mol. The van der Waals surface area contributed by atoms with E-state index in [9.17, 15) is 30.4 Å². The van der Waals surface area contributed by atoms with Gasteiger partial charge in [0.05, 0.1) is 12.0 Å². The second-order valence-electron chi connectivity index (χ2n) is 8.05. The Morgan fingerprint density at radius 1 is 1.16 bits per heavy atom. The van der Waals surface area contributed by atoms with Gasteiger partial charge in [-0.15, -0.1) is 0 Å². The van der Waals surface area contributed by atoms with Crippen LogP contribution in [0.5, 0.6) is 0 Å². The van der Waals surface area contributed by atoms with Crippen molar-refractivity contribution in [3.05, 3.63) is 17.6 Å². The van der Waals surface area contributed by atoms with Crippen LogP contribution in [0.3, 0.4) is 0 Å². The average molecular weight is 484 g/mol. The normalized spacial score (nSPS) is 23.5. The predicted molar refractivity (Wildman–Crippen MR) is 99.6 cm³/mol. The van der Waals surface area contributed by atoms with Crippen molar-refractivity contribution >= 4 is 10.2 Å². The van der Waals surface area contributed by atoms with Crippen LogP contribution >= 0.6 is 0 Å². The maximum atomic E-state index is 14.9. The summed E-state index contributed by atoms with van der Waals surface area (Å²) in [6, 6.07) is 0.521. The fourth-order valence-electron chi connectivity index (χ4n) is 3.80. The van der Waals surface area contributed by atoms with Gasteiger partial charge < -0.3 is 4.52 Å². The molecule has 2 aliphatic rings. The molecule has 2 aromatic rings. The summed E-state index contributed by atoms with van der Waals surface area (Å²) >= 11 is 0. The minimum Gasteiger partial charge on any atom is -0.332 e. The summed E-state index contributed by atoms with van der Waals surface area (Å²) in [6.45, 7) is -0.182. The van der Waals surface area contributed by atoms with Gasteiger partial charge in [-0.3, -0.25) is 4.68 Å². The van der Waals surface area contributed by atoms with Gasteiger partial charge in [0, 0.05) is 25.6 Å². The molecule has 1 saturated heterocycles. The molecule has 0 radical (unpaired) electrons. The third-order valence-electron chi connectivity index (χ3n) is 5.58. The number of hydrogen-bond donors (Lipinski definition) is 1. The Labute approximate surface area is 179 Å². The van der Waals surface area contributed by atoms with Crippen LogP contribution in [0.25, 0.3) is 11.6 Å². The SMILES string of the molecule is NS(=O)(=O)N1CCC[C@H](c2noc(-c3cc(C(F)(F)F)nn3C3CC3)n2)C(F)(F)CCC1. The smallest absolute Gasteiger partial charge is 0.332 e. The molecule has 3 heterocycles. The van der Waals surface area contributed by atoms with Gasteiger partial charge in [0.15, 0.2) is 11.5 Å². The zero-order valence-corrected chi connectivity index (χ0v) is 17.5. The van der Waals surface area contributed by atoms with Crippen LogP contribution in [0.15, 0.2) is 10.6 Å². The van der Waals surface area contributed by atoms with Crippen LogP contribution in [0, 0.1) is 0 Å². The molecule has 0 unspecified atom stereocenters. The van der Waals surface area contributed by atoms with Gasteiger partial charge in [-0.05, 0) is 32.1 Å². The van der Waals surface area contributed by atoms with Gasteiger partial charge in [0.1, 0.15) is 5.69 Å². The van der Waals surface area contributed by atoms with Crippen LogP contribution in [-0.2, 0) is 16.4 Å². The van der Waals surface area contributed by atoms with Gasteiger partial charge in [-0.2, -0.15) is 36.0 Å². The molecule has 0 spiro atoms. The van der Waals surface area contributed by atoms with E-state index in [1.54, 1.807) is 0 Å². The van der Waals surface area contributed by atoms with E-state index in [0.29, 0.717) is 12.8 Å². The standard InChI is InChI=1S/C17H21F5N6O3S/c18-16(19)6-2-8-27(32(23,29)30)7-1-3-11(16)14-24-15(31-26-14)12-9-13(17(20,21)22)25-28(12)10-4-5-10/h9-11H,1-8H2,(H2,23,29,30)/t11-/m1/s1. The van der Waals surface area contributed by atoms with Crippen LogP contribution in [0.1, 0.15) is 62.0 Å². The number of halogens is 5. The third kappa shape index (κ3) is 4.78. The summed E-state index contributed by atoms with van der Waals surface area (Å²) in [6.07, 6.45) is -4.27. The summed E-state index contributed by atoms with van der Waals surface area (Å²) in [5.41, 5.74) is -1.21. The summed E-state index contributed by atoms with van der Waals surface area (Å²) < 4.78 is 99.5. The van der Waals surface area contributed by atoms with Crippen LogP contribution < -0.4 is 5.14 Å². The average Bonchev–Trinajstić information content (AvgIpc) is 3.20. The van der Waals surface area contributed by atoms with Crippen LogP contribution in [0.4, 0.5) is 22.0 Å². The Morgan fingerprint density at radius 3 is 2.47 bits per heavy atom. The lowest BCUT2D eigenvalue weighted by atomic mass is 9.92. The molecule has 0 aromatic carbocycles. The zero-order valence-electron chi connectivity index (χ0n) is 16.7. The number of aromatic nitrogens is 4. The molecular weight excluding hydrogens is 463 g/mol. The van der Waals surface area contributed by atoms with E-state index in [2.05, 4.69) is 15.2 Å². The molecule has 1 aliphatic heterocycles. The second-order valence-corrected chi connectivity index (χ2v) is 9.60. The Morgan fingerprint density at radius 2 is 1.84 bits per heavy atom. The van der Waals surface area contributed by atoms with Gasteiger partial charge in [0.25, 0.3) is 22.0 Å². The Bertz CT molecular complexity index is 1080. The Balaban J connectivity index is 1.62. The first kappa shape index (κ1) is 23.0. The fourth-order valence-corrected chi connectivity index (χ4v) is 4.57. The minimum atomic E-state index is -4.68. The van der Waals surface area contributed by atoms with Crippen molar-refractivity contribution in [2.24, 2.45) is 5.14 Å². The van der Waals surface area contributed by atoms with Gasteiger partial charge >= 0.3 is 6.18 Å². The molecule has 2 fully saturated rings. The topological polar surface area (TPSA) is 120 Å². The summed E-state index contributed by atoms with van der Waals surface area (Å²) in [5, 5.41) is 12.3. The highest BCUT2D eigenvalue weighted by Crippen LogP contribution is 2.43. The van der Waals surface area contributed by atoms with Crippen LogP contribution in [-0.4, -0.2) is 51.7 Å². The molecule has 2 N–H and O–H groups in total. The zero-order chi connectivity index (χ0) is 23.3. The summed E-state index contributed by atoms with van der Waals surface area (Å²) in [4.78, 5) is 3.99. The van der Waals surface area contributed by atoms with Crippen molar-refractivity contribution in [1.82, 2.24) is 24.2 Å². The maximum Gasteiger partial charge on any atom is 0.435 e. The largest absolute Gasteiger partial charge is 0.435 e. The molecule has 1 saturated carbocycles. The number of nitrogens with zero attached hydrogens (tertiary/aromatic N) is 5. The number of alkyl halides is 5. The molecule has 1 aliphatic carbocycles. The lowest BCUT2D eigenvalue weighted by Gasteiger charge is -2.23. The molecule has 15 heteroatoms. The van der Waals surface area contributed by atoms with E-state index in [1.807, 2.05) is 0 Å². The Kier molecular flexibility index (Phi) is 5.78. The first-order valence-electron chi connectivity index (χ1n) is 10.0. The maximum absolute atomic E-state index is 14.9. The van der Waals surface area contributed by atoms with E-state index in [4.69, 9.17) is 9.66 Å².